The lowest BCUT2D eigenvalue weighted by Crippen LogP contribution is -2.38. The number of hydrogen-bond acceptors (Lipinski definition) is 4. The lowest BCUT2D eigenvalue weighted by atomic mass is 9.99. The van der Waals surface area contributed by atoms with E-state index >= 15 is 0 Å². The summed E-state index contributed by atoms with van der Waals surface area (Å²) in [4.78, 5) is 14.9. The number of carbonyl (C=O) groups excluding carboxylic acids is 1. The molecule has 2 aliphatic heterocycles. The molecular formula is C20H31N3O3S. The molecule has 0 aliphatic carbocycles. The zero-order valence-corrected chi connectivity index (χ0v) is 17.2. The summed E-state index contributed by atoms with van der Waals surface area (Å²) in [5.41, 5.74) is 1.46. The van der Waals surface area contributed by atoms with Gasteiger partial charge in [0.15, 0.2) is 0 Å². The van der Waals surface area contributed by atoms with E-state index in [1.807, 2.05) is 6.92 Å². The first kappa shape index (κ1) is 20.3. The van der Waals surface area contributed by atoms with Crippen molar-refractivity contribution < 1.29 is 13.2 Å². The van der Waals surface area contributed by atoms with Crippen molar-refractivity contribution in [2.24, 2.45) is 5.92 Å². The molecular weight excluding hydrogens is 362 g/mol. The Morgan fingerprint density at radius 2 is 1.78 bits per heavy atom. The van der Waals surface area contributed by atoms with Crippen LogP contribution in [0.2, 0.25) is 0 Å². The summed E-state index contributed by atoms with van der Waals surface area (Å²) >= 11 is 0. The van der Waals surface area contributed by atoms with Crippen LogP contribution in [-0.2, 0) is 14.8 Å². The van der Waals surface area contributed by atoms with Crippen LogP contribution in [0, 0.1) is 12.8 Å². The second kappa shape index (κ2) is 8.71. The minimum atomic E-state index is -3.50. The summed E-state index contributed by atoms with van der Waals surface area (Å²) in [7, 11) is -3.50. The number of hydrogen-bond donors (Lipinski definition) is 1. The van der Waals surface area contributed by atoms with Gasteiger partial charge in [-0.15, -0.1) is 0 Å². The highest BCUT2D eigenvalue weighted by Gasteiger charge is 2.26. The van der Waals surface area contributed by atoms with E-state index in [0.29, 0.717) is 25.3 Å². The molecule has 0 saturated carbocycles. The van der Waals surface area contributed by atoms with Crippen molar-refractivity contribution in [1.82, 2.24) is 9.21 Å². The molecule has 2 saturated heterocycles. The third kappa shape index (κ3) is 5.09. The highest BCUT2D eigenvalue weighted by molar-refractivity contribution is 7.89. The predicted octanol–water partition coefficient (Wildman–Crippen LogP) is 2.84. The van der Waals surface area contributed by atoms with Crippen LogP contribution in [0.5, 0.6) is 0 Å². The van der Waals surface area contributed by atoms with Crippen LogP contribution in [0.1, 0.15) is 44.6 Å². The Balaban J connectivity index is 1.68. The fraction of sp³-hybridized carbons (Fsp3) is 0.650. The van der Waals surface area contributed by atoms with E-state index in [0.717, 1.165) is 56.7 Å². The molecule has 0 bridgehead atoms. The zero-order chi connectivity index (χ0) is 19.4. The van der Waals surface area contributed by atoms with Crippen LogP contribution in [0.15, 0.2) is 23.1 Å². The number of amides is 1. The number of anilines is 1. The second-order valence-electron chi connectivity index (χ2n) is 7.95. The maximum atomic E-state index is 12.9. The standard InChI is InChI=1S/C20H31N3O3S/c1-16-8-12-22(13-9-16)15-20(24)21-19-14-18(7-6-17(19)2)27(25,26)23-10-4-3-5-11-23/h6-7,14,16H,3-5,8-13,15H2,1-2H3,(H,21,24). The Kier molecular flexibility index (Phi) is 6.55. The number of piperidine rings is 2. The van der Waals surface area contributed by atoms with Crippen molar-refractivity contribution in [3.63, 3.8) is 0 Å². The average molecular weight is 394 g/mol. The largest absolute Gasteiger partial charge is 0.325 e. The fourth-order valence-corrected chi connectivity index (χ4v) is 5.31. The van der Waals surface area contributed by atoms with Crippen LogP contribution in [0.25, 0.3) is 0 Å². The predicted molar refractivity (Wildman–Crippen MR) is 107 cm³/mol. The molecule has 3 rings (SSSR count). The van der Waals surface area contributed by atoms with Crippen molar-refractivity contribution in [3.8, 4) is 0 Å². The quantitative estimate of drug-likeness (QED) is 0.835. The molecule has 150 valence electrons. The fourth-order valence-electron chi connectivity index (χ4n) is 3.76. The second-order valence-corrected chi connectivity index (χ2v) is 9.89. The first-order chi connectivity index (χ1) is 12.9. The van der Waals surface area contributed by atoms with Crippen molar-refractivity contribution in [1.29, 1.82) is 0 Å². The van der Waals surface area contributed by atoms with Gasteiger partial charge in [-0.25, -0.2) is 8.42 Å². The third-order valence-electron chi connectivity index (χ3n) is 5.68. The monoisotopic (exact) mass is 393 g/mol. The van der Waals surface area contributed by atoms with Gasteiger partial charge in [0.1, 0.15) is 0 Å². The number of carbonyl (C=O) groups is 1. The Hall–Kier alpha value is -1.44. The minimum Gasteiger partial charge on any atom is -0.325 e. The molecule has 2 aliphatic rings. The minimum absolute atomic E-state index is 0.0832. The molecule has 1 N–H and O–H groups in total. The van der Waals surface area contributed by atoms with Crippen molar-refractivity contribution in [2.75, 3.05) is 38.0 Å². The van der Waals surface area contributed by atoms with E-state index in [2.05, 4.69) is 17.1 Å². The van der Waals surface area contributed by atoms with Crippen LogP contribution >= 0.6 is 0 Å². The molecule has 1 aromatic rings. The summed E-state index contributed by atoms with van der Waals surface area (Å²) in [6.45, 7) is 7.52. The number of nitrogens with one attached hydrogen (secondary N) is 1. The molecule has 2 fully saturated rings. The number of likely N-dealkylation sites (tertiary alicyclic amines) is 1. The van der Waals surface area contributed by atoms with E-state index < -0.39 is 10.0 Å². The molecule has 0 unspecified atom stereocenters. The highest BCUT2D eigenvalue weighted by atomic mass is 32.2. The van der Waals surface area contributed by atoms with Crippen molar-refractivity contribution >= 4 is 21.6 Å². The van der Waals surface area contributed by atoms with Gasteiger partial charge in [0, 0.05) is 18.8 Å². The first-order valence-corrected chi connectivity index (χ1v) is 11.4. The van der Waals surface area contributed by atoms with Gasteiger partial charge in [-0.3, -0.25) is 9.69 Å². The summed E-state index contributed by atoms with van der Waals surface area (Å²) in [6, 6.07) is 5.02. The Labute approximate surface area is 163 Å². The number of rotatable bonds is 5. The van der Waals surface area contributed by atoms with Gasteiger partial charge in [-0.2, -0.15) is 4.31 Å². The van der Waals surface area contributed by atoms with Gasteiger partial charge in [-0.1, -0.05) is 19.4 Å². The van der Waals surface area contributed by atoms with Gasteiger partial charge in [0.25, 0.3) is 0 Å². The maximum Gasteiger partial charge on any atom is 0.243 e. The normalized spacial score (nSPS) is 20.5. The lowest BCUT2D eigenvalue weighted by molar-refractivity contribution is -0.117. The Bertz CT molecular complexity index is 765. The van der Waals surface area contributed by atoms with E-state index in [4.69, 9.17) is 0 Å². The van der Waals surface area contributed by atoms with Crippen LogP contribution < -0.4 is 5.32 Å². The Morgan fingerprint density at radius 3 is 2.44 bits per heavy atom. The highest BCUT2D eigenvalue weighted by Crippen LogP contribution is 2.25. The molecule has 7 heteroatoms. The zero-order valence-electron chi connectivity index (χ0n) is 16.4. The molecule has 0 radical (unpaired) electrons. The molecule has 0 aromatic heterocycles. The van der Waals surface area contributed by atoms with Crippen LogP contribution in [-0.4, -0.2) is 56.3 Å². The van der Waals surface area contributed by atoms with Crippen molar-refractivity contribution in [3.05, 3.63) is 23.8 Å². The van der Waals surface area contributed by atoms with E-state index in [9.17, 15) is 13.2 Å². The number of benzene rings is 1. The van der Waals surface area contributed by atoms with Crippen LogP contribution in [0.3, 0.4) is 0 Å². The van der Waals surface area contributed by atoms with Gasteiger partial charge < -0.3 is 5.32 Å². The van der Waals surface area contributed by atoms with Gasteiger partial charge in [0.05, 0.1) is 11.4 Å². The number of aryl methyl sites for hydroxylation is 1. The lowest BCUT2D eigenvalue weighted by Gasteiger charge is -2.29. The van der Waals surface area contributed by atoms with Gasteiger partial charge in [-0.05, 0) is 69.3 Å². The molecule has 1 amide bonds. The molecule has 2 heterocycles. The van der Waals surface area contributed by atoms with Crippen LogP contribution in [0.4, 0.5) is 5.69 Å². The van der Waals surface area contributed by atoms with E-state index in [1.54, 1.807) is 22.5 Å². The summed E-state index contributed by atoms with van der Waals surface area (Å²) in [6.07, 6.45) is 5.13. The average Bonchev–Trinajstić information content (AvgIpc) is 2.66. The summed E-state index contributed by atoms with van der Waals surface area (Å²) in [5.74, 6) is 0.642. The first-order valence-electron chi connectivity index (χ1n) is 9.99. The van der Waals surface area contributed by atoms with E-state index in [-0.39, 0.29) is 10.8 Å². The molecule has 6 nitrogen and oxygen atoms in total. The molecule has 0 atom stereocenters. The molecule has 27 heavy (non-hydrogen) atoms. The van der Waals surface area contributed by atoms with Gasteiger partial charge in [0.2, 0.25) is 15.9 Å². The summed E-state index contributed by atoms with van der Waals surface area (Å²) in [5, 5.41) is 2.92. The Morgan fingerprint density at radius 1 is 1.11 bits per heavy atom. The molecule has 0 spiro atoms. The third-order valence-corrected chi connectivity index (χ3v) is 7.57. The van der Waals surface area contributed by atoms with E-state index in [1.165, 1.54) is 0 Å². The maximum absolute atomic E-state index is 12.9. The number of nitrogens with zero attached hydrogens (tertiary/aromatic N) is 2. The SMILES string of the molecule is Cc1ccc(S(=O)(=O)N2CCCCC2)cc1NC(=O)CN1CCC(C)CC1. The van der Waals surface area contributed by atoms with Crippen molar-refractivity contribution in [2.45, 2.75) is 50.8 Å². The molecule has 1 aromatic carbocycles. The number of sulfonamides is 1. The van der Waals surface area contributed by atoms with Gasteiger partial charge >= 0.3 is 0 Å². The topological polar surface area (TPSA) is 69.7 Å². The summed E-state index contributed by atoms with van der Waals surface area (Å²) < 4.78 is 27.3. The smallest absolute Gasteiger partial charge is 0.243 e.